The first-order valence-corrected chi connectivity index (χ1v) is 3.07. The second-order valence-corrected chi connectivity index (χ2v) is 2.20. The molecule has 0 saturated heterocycles. The van der Waals surface area contributed by atoms with Crippen molar-refractivity contribution in [3.63, 3.8) is 0 Å². The van der Waals surface area contributed by atoms with Gasteiger partial charge in [-0.15, -0.1) is 0 Å². The molecule has 0 spiro atoms. The molecule has 0 aromatic rings. The average Bonchev–Trinajstić information content (AvgIpc) is 1.87. The van der Waals surface area contributed by atoms with Gasteiger partial charge in [0.1, 0.15) is 12.4 Å². The SMILES string of the molecule is C[C@@H](O)[C@@H](O)[C@H](O)CC=O. The molecule has 0 radical (unpaired) electrons. The highest BCUT2D eigenvalue weighted by Crippen LogP contribution is 2.01. The molecule has 0 aromatic heterocycles. The fraction of sp³-hybridized carbons (Fsp3) is 0.833. The van der Waals surface area contributed by atoms with E-state index in [1.807, 2.05) is 0 Å². The van der Waals surface area contributed by atoms with Gasteiger partial charge in [0.15, 0.2) is 0 Å². The standard InChI is InChI=1S/C6H12O4/c1-4(8)6(10)5(9)2-3-7/h3-6,8-10H,2H2,1H3/t4-,5-,6-/m1/s1. The Hall–Kier alpha value is -0.450. The van der Waals surface area contributed by atoms with Crippen molar-refractivity contribution in [2.75, 3.05) is 0 Å². The molecule has 3 N–H and O–H groups in total. The highest BCUT2D eigenvalue weighted by atomic mass is 16.4. The van der Waals surface area contributed by atoms with Gasteiger partial charge in [-0.1, -0.05) is 0 Å². The van der Waals surface area contributed by atoms with Gasteiger partial charge < -0.3 is 20.1 Å². The van der Waals surface area contributed by atoms with E-state index in [-0.39, 0.29) is 6.42 Å². The Balaban J connectivity index is 3.68. The van der Waals surface area contributed by atoms with Gasteiger partial charge in [0.2, 0.25) is 0 Å². The molecule has 10 heavy (non-hydrogen) atoms. The maximum absolute atomic E-state index is 9.79. The lowest BCUT2D eigenvalue weighted by Gasteiger charge is -2.17. The van der Waals surface area contributed by atoms with E-state index in [2.05, 4.69) is 0 Å². The first-order valence-electron chi connectivity index (χ1n) is 3.07. The van der Waals surface area contributed by atoms with Gasteiger partial charge in [0.25, 0.3) is 0 Å². The van der Waals surface area contributed by atoms with Crippen LogP contribution in [0.5, 0.6) is 0 Å². The third-order valence-corrected chi connectivity index (χ3v) is 1.23. The molecule has 0 aliphatic rings. The summed E-state index contributed by atoms with van der Waals surface area (Å²) in [4.78, 5) is 9.79. The molecule has 3 atom stereocenters. The molecule has 0 amide bonds. The molecule has 4 nitrogen and oxygen atoms in total. The Kier molecular flexibility index (Phi) is 4.18. The van der Waals surface area contributed by atoms with Crippen LogP contribution in [0.15, 0.2) is 0 Å². The minimum atomic E-state index is -1.23. The molecule has 0 unspecified atom stereocenters. The van der Waals surface area contributed by atoms with E-state index < -0.39 is 18.3 Å². The van der Waals surface area contributed by atoms with Crippen LogP contribution in [-0.2, 0) is 4.79 Å². The summed E-state index contributed by atoms with van der Waals surface area (Å²) in [6.45, 7) is 1.35. The van der Waals surface area contributed by atoms with E-state index in [9.17, 15) is 4.79 Å². The van der Waals surface area contributed by atoms with Crippen molar-refractivity contribution in [1.29, 1.82) is 0 Å². The van der Waals surface area contributed by atoms with Gasteiger partial charge in [0.05, 0.1) is 12.2 Å². The summed E-state index contributed by atoms with van der Waals surface area (Å²) in [6, 6.07) is 0. The topological polar surface area (TPSA) is 77.8 Å². The van der Waals surface area contributed by atoms with Crippen LogP contribution in [0.2, 0.25) is 0 Å². The molecule has 0 fully saturated rings. The predicted molar refractivity (Wildman–Crippen MR) is 34.4 cm³/mol. The van der Waals surface area contributed by atoms with E-state index in [0.29, 0.717) is 6.29 Å². The van der Waals surface area contributed by atoms with E-state index in [4.69, 9.17) is 15.3 Å². The van der Waals surface area contributed by atoms with Crippen molar-refractivity contribution in [2.45, 2.75) is 31.7 Å². The third-order valence-electron chi connectivity index (χ3n) is 1.23. The summed E-state index contributed by atoms with van der Waals surface area (Å²) in [7, 11) is 0. The Bertz CT molecular complexity index is 102. The van der Waals surface area contributed by atoms with Crippen LogP contribution in [-0.4, -0.2) is 39.9 Å². The third kappa shape index (κ3) is 2.91. The minimum absolute atomic E-state index is 0.147. The molecule has 0 bridgehead atoms. The molecule has 0 aromatic carbocycles. The van der Waals surface area contributed by atoms with Crippen LogP contribution in [0.25, 0.3) is 0 Å². The zero-order valence-electron chi connectivity index (χ0n) is 5.77. The molecule has 0 heterocycles. The van der Waals surface area contributed by atoms with E-state index in [1.54, 1.807) is 0 Å². The summed E-state index contributed by atoms with van der Waals surface area (Å²) in [6.07, 6.45) is -3.04. The highest BCUT2D eigenvalue weighted by molar-refractivity contribution is 5.50. The first-order chi connectivity index (χ1) is 4.59. The molecular weight excluding hydrogens is 136 g/mol. The van der Waals surface area contributed by atoms with Crippen molar-refractivity contribution < 1.29 is 20.1 Å². The van der Waals surface area contributed by atoms with Crippen molar-refractivity contribution >= 4 is 6.29 Å². The Morgan fingerprint density at radius 2 is 1.90 bits per heavy atom. The largest absolute Gasteiger partial charge is 0.391 e. The summed E-state index contributed by atoms with van der Waals surface area (Å²) in [5.74, 6) is 0. The van der Waals surface area contributed by atoms with Gasteiger partial charge >= 0.3 is 0 Å². The maximum atomic E-state index is 9.79. The second-order valence-electron chi connectivity index (χ2n) is 2.20. The van der Waals surface area contributed by atoms with Gasteiger partial charge in [-0.2, -0.15) is 0 Å². The lowest BCUT2D eigenvalue weighted by atomic mass is 10.1. The smallest absolute Gasteiger partial charge is 0.122 e. The number of hydrogen-bond donors (Lipinski definition) is 3. The number of aldehydes is 1. The average molecular weight is 148 g/mol. The predicted octanol–water partition coefficient (Wildman–Crippen LogP) is -1.32. The van der Waals surface area contributed by atoms with E-state index in [1.165, 1.54) is 6.92 Å². The van der Waals surface area contributed by atoms with E-state index in [0.717, 1.165) is 0 Å². The first kappa shape index (κ1) is 9.55. The van der Waals surface area contributed by atoms with Crippen molar-refractivity contribution in [2.24, 2.45) is 0 Å². The van der Waals surface area contributed by atoms with Gasteiger partial charge in [-0.25, -0.2) is 0 Å². The molecular formula is C6H12O4. The monoisotopic (exact) mass is 148 g/mol. The molecule has 0 aliphatic carbocycles. The van der Waals surface area contributed by atoms with Crippen LogP contribution in [0.1, 0.15) is 13.3 Å². The number of aliphatic hydroxyl groups is 3. The Morgan fingerprint density at radius 3 is 2.20 bits per heavy atom. The van der Waals surface area contributed by atoms with Crippen LogP contribution < -0.4 is 0 Å². The zero-order chi connectivity index (χ0) is 8.15. The van der Waals surface area contributed by atoms with Crippen molar-refractivity contribution in [3.05, 3.63) is 0 Å². The quantitative estimate of drug-likeness (QED) is 0.432. The lowest BCUT2D eigenvalue weighted by Crippen LogP contribution is -2.35. The molecule has 0 rings (SSSR count). The lowest BCUT2D eigenvalue weighted by molar-refractivity contribution is -0.113. The van der Waals surface area contributed by atoms with Gasteiger partial charge in [-0.3, -0.25) is 0 Å². The van der Waals surface area contributed by atoms with Crippen LogP contribution in [0.4, 0.5) is 0 Å². The summed E-state index contributed by atoms with van der Waals surface area (Å²) < 4.78 is 0. The number of rotatable bonds is 4. The number of carbonyl (C=O) groups excluding carboxylic acids is 1. The summed E-state index contributed by atoms with van der Waals surface area (Å²) in [5.41, 5.74) is 0. The Labute approximate surface area is 59.1 Å². The van der Waals surface area contributed by atoms with Gasteiger partial charge in [0, 0.05) is 6.42 Å². The van der Waals surface area contributed by atoms with Crippen LogP contribution >= 0.6 is 0 Å². The normalized spacial score (nSPS) is 19.6. The number of hydrogen-bond acceptors (Lipinski definition) is 4. The molecule has 4 heteroatoms. The number of aliphatic hydroxyl groups excluding tert-OH is 3. The van der Waals surface area contributed by atoms with Crippen LogP contribution in [0, 0.1) is 0 Å². The second kappa shape index (κ2) is 4.38. The minimum Gasteiger partial charge on any atom is -0.391 e. The van der Waals surface area contributed by atoms with Crippen LogP contribution in [0.3, 0.4) is 0 Å². The summed E-state index contributed by atoms with van der Waals surface area (Å²) in [5, 5.41) is 26.4. The fourth-order valence-corrected chi connectivity index (χ4v) is 0.560. The maximum Gasteiger partial charge on any atom is 0.122 e. The van der Waals surface area contributed by atoms with E-state index >= 15 is 0 Å². The highest BCUT2D eigenvalue weighted by Gasteiger charge is 2.19. The Morgan fingerprint density at radius 1 is 1.40 bits per heavy atom. The summed E-state index contributed by atoms with van der Waals surface area (Å²) >= 11 is 0. The van der Waals surface area contributed by atoms with Gasteiger partial charge in [-0.05, 0) is 6.92 Å². The van der Waals surface area contributed by atoms with Crippen molar-refractivity contribution in [1.82, 2.24) is 0 Å². The molecule has 0 saturated carbocycles. The number of carbonyl (C=O) groups is 1. The zero-order valence-corrected chi connectivity index (χ0v) is 5.77. The van der Waals surface area contributed by atoms with Crippen molar-refractivity contribution in [3.8, 4) is 0 Å². The molecule has 60 valence electrons. The molecule has 0 aliphatic heterocycles. The fourth-order valence-electron chi connectivity index (χ4n) is 0.560.